The minimum absolute atomic E-state index is 0.0390. The second-order valence-electron chi connectivity index (χ2n) is 7.14. The van der Waals surface area contributed by atoms with Crippen LogP contribution in [0.1, 0.15) is 27.6 Å². The van der Waals surface area contributed by atoms with E-state index in [1.54, 1.807) is 0 Å². The maximum atomic E-state index is 14.7. The highest BCUT2D eigenvalue weighted by atomic mass is 19.1. The fraction of sp³-hybridized carbons (Fsp3) is 0.182. The summed E-state index contributed by atoms with van der Waals surface area (Å²) in [7, 11) is 0. The van der Waals surface area contributed by atoms with Crippen molar-refractivity contribution in [1.82, 2.24) is 34.8 Å². The number of H-pyrrole nitrogens is 1. The van der Waals surface area contributed by atoms with E-state index in [2.05, 4.69) is 20.3 Å². The zero-order valence-corrected chi connectivity index (χ0v) is 16.9. The summed E-state index contributed by atoms with van der Waals surface area (Å²) in [5.74, 6) is -3.26. The second kappa shape index (κ2) is 8.26. The van der Waals surface area contributed by atoms with Crippen molar-refractivity contribution in [2.45, 2.75) is 0 Å². The number of benzene rings is 1. The number of ketones is 1. The third-order valence-corrected chi connectivity index (χ3v) is 5.29. The average molecular weight is 452 g/mol. The molecular weight excluding hydrogens is 429 g/mol. The van der Waals surface area contributed by atoms with Gasteiger partial charge in [0.05, 0.1) is 41.9 Å². The van der Waals surface area contributed by atoms with E-state index in [1.165, 1.54) is 33.1 Å². The Morgan fingerprint density at radius 2 is 1.79 bits per heavy atom. The number of pyridine rings is 1. The van der Waals surface area contributed by atoms with Gasteiger partial charge in [0.2, 0.25) is 0 Å². The van der Waals surface area contributed by atoms with E-state index < -0.39 is 59.2 Å². The van der Waals surface area contributed by atoms with Crippen molar-refractivity contribution in [2.75, 3.05) is 26.2 Å². The van der Waals surface area contributed by atoms with Gasteiger partial charge in [0.15, 0.2) is 11.6 Å². The number of amides is 2. The van der Waals surface area contributed by atoms with Gasteiger partial charge in [-0.1, -0.05) is 23.3 Å². The molecular formula is C22H18FN7O3. The summed E-state index contributed by atoms with van der Waals surface area (Å²) in [6.07, 6.45) is 5.02. The lowest BCUT2D eigenvalue weighted by Crippen LogP contribution is -2.52. The number of halogens is 1. The van der Waals surface area contributed by atoms with Gasteiger partial charge in [0, 0.05) is 37.9 Å². The largest absolute Gasteiger partial charge is 0.357 e. The van der Waals surface area contributed by atoms with Crippen LogP contribution < -0.4 is 0 Å². The molecule has 0 aliphatic carbocycles. The standard InChI is InChI=1S/C22H18FN7O3/c23-16-13-25-20(30-7-6-26-27-30)18-17(16)15(12-24-18)19(31)22(33)29-10-8-28(9-11-29)21(32)14-4-2-1-3-5-14/h1-7,12-13,24H,8-11H2/i1D,2D,3D,4D,5D. The third kappa shape index (κ3) is 3.63. The molecule has 166 valence electrons. The van der Waals surface area contributed by atoms with Crippen molar-refractivity contribution >= 4 is 28.5 Å². The molecule has 33 heavy (non-hydrogen) atoms. The molecule has 0 atom stereocenters. The van der Waals surface area contributed by atoms with Gasteiger partial charge in [-0.2, -0.15) is 0 Å². The number of rotatable bonds is 4. The lowest BCUT2D eigenvalue weighted by molar-refractivity contribution is -0.127. The fourth-order valence-corrected chi connectivity index (χ4v) is 3.66. The molecule has 11 heteroatoms. The smallest absolute Gasteiger partial charge is 0.295 e. The molecule has 4 aromatic rings. The Balaban J connectivity index is 1.34. The summed E-state index contributed by atoms with van der Waals surface area (Å²) < 4.78 is 55.2. The van der Waals surface area contributed by atoms with Crippen LogP contribution in [0.25, 0.3) is 16.7 Å². The van der Waals surface area contributed by atoms with E-state index in [-0.39, 0.29) is 48.5 Å². The highest BCUT2D eigenvalue weighted by Gasteiger charge is 2.31. The van der Waals surface area contributed by atoms with Crippen LogP contribution in [0, 0.1) is 5.82 Å². The van der Waals surface area contributed by atoms with Crippen LogP contribution in [0.2, 0.25) is 0 Å². The molecule has 1 aliphatic heterocycles. The molecule has 1 saturated heterocycles. The number of Topliss-reactive ketones (excluding diaryl/α,β-unsaturated/α-hetero) is 1. The summed E-state index contributed by atoms with van der Waals surface area (Å²) in [4.78, 5) is 48.3. The summed E-state index contributed by atoms with van der Waals surface area (Å²) in [6.45, 7) is -0.178. The molecule has 10 nitrogen and oxygen atoms in total. The summed E-state index contributed by atoms with van der Waals surface area (Å²) in [5, 5.41) is 7.37. The van der Waals surface area contributed by atoms with Crippen LogP contribution in [0.15, 0.2) is 55.0 Å². The van der Waals surface area contributed by atoms with Crippen molar-refractivity contribution in [3.63, 3.8) is 0 Å². The van der Waals surface area contributed by atoms with Crippen LogP contribution in [0.4, 0.5) is 4.39 Å². The van der Waals surface area contributed by atoms with Crippen molar-refractivity contribution < 1.29 is 25.6 Å². The Hall–Kier alpha value is -4.41. The molecule has 1 N–H and O–H groups in total. The summed E-state index contributed by atoms with van der Waals surface area (Å²) in [5.41, 5.74) is -0.498. The quantitative estimate of drug-likeness (QED) is 0.370. The Morgan fingerprint density at radius 1 is 1.06 bits per heavy atom. The molecule has 1 aliphatic rings. The van der Waals surface area contributed by atoms with Gasteiger partial charge >= 0.3 is 0 Å². The number of hydrogen-bond donors (Lipinski definition) is 1. The number of carbonyl (C=O) groups is 3. The van der Waals surface area contributed by atoms with E-state index in [0.29, 0.717) is 0 Å². The van der Waals surface area contributed by atoms with E-state index in [9.17, 15) is 18.8 Å². The predicted octanol–water partition coefficient (Wildman–Crippen LogP) is 1.45. The molecule has 0 saturated carbocycles. The molecule has 2 amide bonds. The van der Waals surface area contributed by atoms with Crippen molar-refractivity contribution in [1.29, 1.82) is 0 Å². The monoisotopic (exact) mass is 452 g/mol. The van der Waals surface area contributed by atoms with Gasteiger partial charge in [-0.15, -0.1) is 5.10 Å². The predicted molar refractivity (Wildman–Crippen MR) is 114 cm³/mol. The first-order chi connectivity index (χ1) is 18.1. The molecule has 0 radical (unpaired) electrons. The number of aromatic nitrogens is 5. The number of nitrogens with zero attached hydrogens (tertiary/aromatic N) is 6. The summed E-state index contributed by atoms with van der Waals surface area (Å²) in [6, 6.07) is -3.08. The number of hydrogen-bond acceptors (Lipinski definition) is 6. The normalized spacial score (nSPS) is 16.1. The molecule has 1 aromatic carbocycles. The van der Waals surface area contributed by atoms with Gasteiger partial charge in [-0.05, 0) is 12.1 Å². The first-order valence-corrected chi connectivity index (χ1v) is 9.83. The minimum atomic E-state index is -0.962. The molecule has 0 bridgehead atoms. The van der Waals surface area contributed by atoms with Gasteiger partial charge in [0.1, 0.15) is 0 Å². The maximum Gasteiger partial charge on any atom is 0.295 e. The number of nitrogens with one attached hydrogen (secondary N) is 1. The van der Waals surface area contributed by atoms with Crippen molar-refractivity contribution in [2.24, 2.45) is 0 Å². The molecule has 4 heterocycles. The Bertz CT molecular complexity index is 1590. The fourth-order valence-electron chi connectivity index (χ4n) is 3.66. The van der Waals surface area contributed by atoms with Crippen molar-refractivity contribution in [3.05, 3.63) is 71.9 Å². The lowest BCUT2D eigenvalue weighted by Gasteiger charge is -2.34. The van der Waals surface area contributed by atoms with E-state index >= 15 is 0 Å². The van der Waals surface area contributed by atoms with Gasteiger partial charge < -0.3 is 14.8 Å². The van der Waals surface area contributed by atoms with Gasteiger partial charge in [-0.3, -0.25) is 14.4 Å². The van der Waals surface area contributed by atoms with Crippen LogP contribution >= 0.6 is 0 Å². The SMILES string of the molecule is [2H]c1c([2H])c([2H])c(C(=O)N2CCN(C(=O)C(=O)c3c[nH]c4c(-n5ccnn5)ncc(F)c34)CC2)c([2H])c1[2H]. The molecule has 3 aromatic heterocycles. The van der Waals surface area contributed by atoms with Gasteiger partial charge in [0.25, 0.3) is 17.6 Å². The second-order valence-corrected chi connectivity index (χ2v) is 7.14. The average Bonchev–Trinajstić information content (AvgIpc) is 3.62. The molecule has 0 spiro atoms. The first kappa shape index (κ1) is 15.4. The maximum absolute atomic E-state index is 14.7. The molecule has 0 unspecified atom stereocenters. The highest BCUT2D eigenvalue weighted by Crippen LogP contribution is 2.26. The van der Waals surface area contributed by atoms with E-state index in [0.717, 1.165) is 6.20 Å². The van der Waals surface area contributed by atoms with Crippen LogP contribution in [0.5, 0.6) is 0 Å². The van der Waals surface area contributed by atoms with E-state index in [1.807, 2.05) is 0 Å². The number of fused-ring (bicyclic) bond motifs is 1. The lowest BCUT2D eigenvalue weighted by atomic mass is 10.1. The van der Waals surface area contributed by atoms with Crippen LogP contribution in [-0.4, -0.2) is 78.5 Å². The summed E-state index contributed by atoms with van der Waals surface area (Å²) >= 11 is 0. The molecule has 1 fully saturated rings. The minimum Gasteiger partial charge on any atom is -0.357 e. The topological polar surface area (TPSA) is 117 Å². The van der Waals surface area contributed by atoms with E-state index in [4.69, 9.17) is 6.85 Å². The molecule has 5 rings (SSSR count). The highest BCUT2D eigenvalue weighted by molar-refractivity contribution is 6.45. The van der Waals surface area contributed by atoms with Crippen molar-refractivity contribution in [3.8, 4) is 5.82 Å². The number of piperazine rings is 1. The van der Waals surface area contributed by atoms with Gasteiger partial charge in [-0.25, -0.2) is 14.1 Å². The zero-order valence-electron chi connectivity index (χ0n) is 21.9. The third-order valence-electron chi connectivity index (χ3n) is 5.29. The first-order valence-electron chi connectivity index (χ1n) is 12.3. The van der Waals surface area contributed by atoms with Crippen LogP contribution in [0.3, 0.4) is 0 Å². The zero-order chi connectivity index (χ0) is 27.3. The number of carbonyl (C=O) groups excluding carboxylic acids is 3. The number of aromatic amines is 1. The Kier molecular flexibility index (Phi) is 3.86. The Morgan fingerprint density at radius 3 is 2.48 bits per heavy atom. The Labute approximate surface area is 193 Å². The van der Waals surface area contributed by atoms with Crippen LogP contribution in [-0.2, 0) is 4.79 Å².